The van der Waals surface area contributed by atoms with Crippen molar-refractivity contribution in [3.63, 3.8) is 0 Å². The van der Waals surface area contributed by atoms with Gasteiger partial charge in [0.1, 0.15) is 0 Å². The van der Waals surface area contributed by atoms with E-state index in [9.17, 15) is 19.8 Å². The normalized spacial score (nSPS) is 9.65. The molecular formula is C18H30N2O6. The minimum Gasteiger partial charge on any atom is -0.504 e. The molecule has 26 heavy (non-hydrogen) atoms. The van der Waals surface area contributed by atoms with E-state index in [1.807, 2.05) is 13.8 Å². The van der Waals surface area contributed by atoms with E-state index in [1.54, 1.807) is 6.07 Å². The first kappa shape index (κ1) is 23.5. The average molecular weight is 370 g/mol. The fourth-order valence-electron chi connectivity index (χ4n) is 1.90. The van der Waals surface area contributed by atoms with E-state index in [2.05, 4.69) is 5.32 Å². The molecule has 0 heterocycles. The van der Waals surface area contributed by atoms with Crippen LogP contribution in [-0.2, 0) is 20.7 Å². The van der Waals surface area contributed by atoms with E-state index in [4.69, 9.17) is 15.2 Å². The zero-order valence-electron chi connectivity index (χ0n) is 15.5. The number of hydrogen-bond acceptors (Lipinski definition) is 7. The third-order valence-electron chi connectivity index (χ3n) is 3.22. The van der Waals surface area contributed by atoms with Gasteiger partial charge in [-0.05, 0) is 43.5 Å². The molecule has 8 nitrogen and oxygen atoms in total. The van der Waals surface area contributed by atoms with E-state index in [1.165, 1.54) is 12.1 Å². The molecule has 5 N–H and O–H groups in total. The molecule has 0 aromatic heterocycles. The lowest BCUT2D eigenvalue weighted by molar-refractivity contribution is -0.151. The van der Waals surface area contributed by atoms with Gasteiger partial charge in [-0.1, -0.05) is 26.3 Å². The van der Waals surface area contributed by atoms with Crippen LogP contribution >= 0.6 is 0 Å². The molecule has 0 spiro atoms. The number of amides is 1. The molecule has 0 aliphatic carbocycles. The summed E-state index contributed by atoms with van der Waals surface area (Å²) in [7, 11) is 0. The number of unbranched alkanes of at least 4 members (excludes halogenated alkanes) is 2. The molecule has 148 valence electrons. The Morgan fingerprint density at radius 1 is 1.08 bits per heavy atom. The first-order chi connectivity index (χ1) is 12.5. The number of hydrogen-bond donors (Lipinski definition) is 4. The highest BCUT2D eigenvalue weighted by Gasteiger charge is 2.06. The number of rotatable bonds is 10. The molecule has 0 saturated carbocycles. The maximum Gasteiger partial charge on any atom is 0.410 e. The molecule has 0 fully saturated rings. The van der Waals surface area contributed by atoms with Gasteiger partial charge < -0.3 is 30.7 Å². The van der Waals surface area contributed by atoms with Crippen molar-refractivity contribution in [2.75, 3.05) is 19.9 Å². The lowest BCUT2D eigenvalue weighted by Crippen LogP contribution is -2.27. The number of esters is 1. The van der Waals surface area contributed by atoms with Crippen molar-refractivity contribution in [1.29, 1.82) is 0 Å². The second-order valence-electron chi connectivity index (χ2n) is 5.17. The van der Waals surface area contributed by atoms with Gasteiger partial charge in [-0.2, -0.15) is 0 Å². The number of phenols is 2. The van der Waals surface area contributed by atoms with Crippen LogP contribution in [0, 0.1) is 0 Å². The number of carbonyl (C=O) groups is 2. The Labute approximate surface area is 154 Å². The van der Waals surface area contributed by atoms with E-state index in [0.717, 1.165) is 18.4 Å². The molecule has 1 aromatic carbocycles. The zero-order chi connectivity index (χ0) is 19.8. The van der Waals surface area contributed by atoms with Crippen LogP contribution in [0.5, 0.6) is 11.5 Å². The molecule has 8 heteroatoms. The summed E-state index contributed by atoms with van der Waals surface area (Å²) in [6, 6.07) is 4.42. The molecule has 0 saturated heterocycles. The summed E-state index contributed by atoms with van der Waals surface area (Å²) in [6.45, 7) is 4.44. The van der Waals surface area contributed by atoms with Crippen LogP contribution in [0.25, 0.3) is 0 Å². The Balaban J connectivity index is 0.00000301. The van der Waals surface area contributed by atoms with E-state index >= 15 is 0 Å². The number of benzene rings is 1. The van der Waals surface area contributed by atoms with Gasteiger partial charge in [0, 0.05) is 13.0 Å². The number of alkyl carbamates (subject to hydrolysis) is 1. The van der Waals surface area contributed by atoms with Crippen molar-refractivity contribution in [3.05, 3.63) is 23.8 Å². The van der Waals surface area contributed by atoms with Gasteiger partial charge in [0.15, 0.2) is 11.5 Å². The van der Waals surface area contributed by atoms with Crippen LogP contribution in [0.2, 0.25) is 0 Å². The van der Waals surface area contributed by atoms with Crippen molar-refractivity contribution in [2.24, 2.45) is 5.73 Å². The molecule has 0 unspecified atom stereocenters. The van der Waals surface area contributed by atoms with Crippen LogP contribution in [0.1, 0.15) is 45.1 Å². The molecule has 0 aliphatic heterocycles. The fourth-order valence-corrected chi connectivity index (χ4v) is 1.90. The maximum absolute atomic E-state index is 11.4. The molecule has 0 bridgehead atoms. The highest BCUT2D eigenvalue weighted by Crippen LogP contribution is 2.24. The van der Waals surface area contributed by atoms with Gasteiger partial charge in [-0.15, -0.1) is 0 Å². The van der Waals surface area contributed by atoms with Crippen LogP contribution in [-0.4, -0.2) is 42.2 Å². The third-order valence-corrected chi connectivity index (χ3v) is 3.22. The fraction of sp³-hybridized carbons (Fsp3) is 0.556. The van der Waals surface area contributed by atoms with Crippen LogP contribution in [0.15, 0.2) is 18.2 Å². The van der Waals surface area contributed by atoms with Crippen molar-refractivity contribution in [2.45, 2.75) is 46.0 Å². The van der Waals surface area contributed by atoms with E-state index in [0.29, 0.717) is 19.4 Å². The van der Waals surface area contributed by atoms with Crippen molar-refractivity contribution in [3.8, 4) is 11.5 Å². The predicted molar refractivity (Wildman–Crippen MR) is 97.8 cm³/mol. The minimum atomic E-state index is -0.700. The summed E-state index contributed by atoms with van der Waals surface area (Å²) < 4.78 is 9.49. The van der Waals surface area contributed by atoms with Crippen molar-refractivity contribution < 1.29 is 29.3 Å². The largest absolute Gasteiger partial charge is 0.504 e. The second kappa shape index (κ2) is 14.8. The quantitative estimate of drug-likeness (QED) is 0.215. The van der Waals surface area contributed by atoms with Crippen molar-refractivity contribution >= 4 is 12.1 Å². The number of phenolic OH excluding ortho intramolecular Hbond substituents is 2. The third kappa shape index (κ3) is 11.1. The SMILES string of the molecule is CC.NCCCCCC(=O)OCOC(=O)NCCc1ccc(O)c(O)c1. The lowest BCUT2D eigenvalue weighted by atomic mass is 10.1. The molecule has 1 amide bonds. The summed E-state index contributed by atoms with van der Waals surface area (Å²) in [6.07, 6.45) is 2.44. The molecule has 0 radical (unpaired) electrons. The summed E-state index contributed by atoms with van der Waals surface area (Å²) in [4.78, 5) is 22.7. The van der Waals surface area contributed by atoms with Gasteiger partial charge in [-0.3, -0.25) is 4.79 Å². The summed E-state index contributed by atoms with van der Waals surface area (Å²) in [5.41, 5.74) is 6.09. The summed E-state index contributed by atoms with van der Waals surface area (Å²) >= 11 is 0. The number of nitrogens with two attached hydrogens (primary N) is 1. The average Bonchev–Trinajstić information content (AvgIpc) is 2.63. The van der Waals surface area contributed by atoms with Gasteiger partial charge in [-0.25, -0.2) is 4.79 Å². The van der Waals surface area contributed by atoms with E-state index in [-0.39, 0.29) is 24.5 Å². The lowest BCUT2D eigenvalue weighted by Gasteiger charge is -2.08. The Hall–Kier alpha value is -2.48. The Morgan fingerprint density at radius 3 is 2.46 bits per heavy atom. The number of aromatic hydroxyl groups is 2. The summed E-state index contributed by atoms with van der Waals surface area (Å²) in [5, 5.41) is 21.0. The van der Waals surface area contributed by atoms with Gasteiger partial charge in [0.2, 0.25) is 6.79 Å². The van der Waals surface area contributed by atoms with Crippen molar-refractivity contribution in [1.82, 2.24) is 5.32 Å². The topological polar surface area (TPSA) is 131 Å². The molecular weight excluding hydrogens is 340 g/mol. The first-order valence-electron chi connectivity index (χ1n) is 8.80. The maximum atomic E-state index is 11.4. The summed E-state index contributed by atoms with van der Waals surface area (Å²) in [5.74, 6) is -0.830. The van der Waals surface area contributed by atoms with Gasteiger partial charge >= 0.3 is 12.1 Å². The monoisotopic (exact) mass is 370 g/mol. The smallest absolute Gasteiger partial charge is 0.410 e. The van der Waals surface area contributed by atoms with E-state index < -0.39 is 18.9 Å². The Bertz CT molecular complexity index is 536. The van der Waals surface area contributed by atoms with Gasteiger partial charge in [0.05, 0.1) is 0 Å². The second-order valence-corrected chi connectivity index (χ2v) is 5.17. The van der Waals surface area contributed by atoms with Gasteiger partial charge in [0.25, 0.3) is 0 Å². The van der Waals surface area contributed by atoms with Crippen LogP contribution in [0.3, 0.4) is 0 Å². The Kier molecular flexibility index (Phi) is 13.4. The zero-order valence-corrected chi connectivity index (χ0v) is 15.5. The molecule has 0 atom stereocenters. The highest BCUT2D eigenvalue weighted by molar-refractivity contribution is 5.70. The van der Waals surface area contributed by atoms with Crippen LogP contribution in [0.4, 0.5) is 4.79 Å². The number of nitrogens with one attached hydrogen (secondary N) is 1. The highest BCUT2D eigenvalue weighted by atomic mass is 16.7. The standard InChI is InChI=1S/C16H24N2O6.C2H6/c17-8-3-1-2-4-15(21)23-11-24-16(22)18-9-7-12-5-6-13(19)14(20)10-12;1-2/h5-6,10,19-20H,1-4,7-9,11,17H2,(H,18,22);1-2H3. The number of ether oxygens (including phenoxy) is 2. The molecule has 0 aliphatic rings. The molecule has 1 rings (SSSR count). The molecule has 1 aromatic rings. The van der Waals surface area contributed by atoms with Crippen LogP contribution < -0.4 is 11.1 Å². The Morgan fingerprint density at radius 2 is 1.81 bits per heavy atom. The minimum absolute atomic E-state index is 0.198. The number of carbonyl (C=O) groups excluding carboxylic acids is 2. The predicted octanol–water partition coefficient (Wildman–Crippen LogP) is 2.41. The first-order valence-corrected chi connectivity index (χ1v) is 8.80.